The number of hydrogen-bond acceptors (Lipinski definition) is 7. The Balaban J connectivity index is 2.05. The average molecular weight is 295 g/mol. The van der Waals surface area contributed by atoms with Gasteiger partial charge < -0.3 is 19.0 Å². The summed E-state index contributed by atoms with van der Waals surface area (Å²) >= 11 is 2.62. The molecule has 0 amide bonds. The highest BCUT2D eigenvalue weighted by atomic mass is 32.2. The smallest absolute Gasteiger partial charge is 0.358 e. The molecular formula is C12H9NO4S2. The fourth-order valence-corrected chi connectivity index (χ4v) is 3.72. The van der Waals surface area contributed by atoms with Crippen molar-refractivity contribution in [1.82, 2.24) is 4.72 Å². The third kappa shape index (κ3) is 2.00. The quantitative estimate of drug-likeness (QED) is 0.655. The van der Waals surface area contributed by atoms with E-state index in [0.29, 0.717) is 4.88 Å². The minimum Gasteiger partial charge on any atom is -0.504 e. The van der Waals surface area contributed by atoms with Gasteiger partial charge in [-0.2, -0.15) is 0 Å². The molecule has 5 nitrogen and oxygen atoms in total. The van der Waals surface area contributed by atoms with Crippen LogP contribution in [0, 0.1) is 0 Å². The lowest BCUT2D eigenvalue weighted by Crippen LogP contribution is -2.20. The molecule has 0 atom stereocenters. The number of thiophene rings is 1. The number of esters is 1. The predicted octanol–water partition coefficient (Wildman–Crippen LogP) is 3.02. The molecule has 7 heteroatoms. The predicted molar refractivity (Wildman–Crippen MR) is 72.6 cm³/mol. The van der Waals surface area contributed by atoms with Crippen molar-refractivity contribution in [1.29, 1.82) is 0 Å². The molecule has 0 fully saturated rings. The highest BCUT2D eigenvalue weighted by Crippen LogP contribution is 2.42. The molecule has 3 rings (SSSR count). The van der Waals surface area contributed by atoms with Gasteiger partial charge in [-0.25, -0.2) is 4.79 Å². The fourth-order valence-electron chi connectivity index (χ4n) is 1.66. The van der Waals surface area contributed by atoms with Crippen molar-refractivity contribution in [3.05, 3.63) is 35.0 Å². The first kappa shape index (κ1) is 12.2. The van der Waals surface area contributed by atoms with Crippen molar-refractivity contribution in [2.75, 3.05) is 7.11 Å². The lowest BCUT2D eigenvalue weighted by molar-refractivity contribution is -0.136. The second-order valence-corrected chi connectivity index (χ2v) is 5.60. The maximum atomic E-state index is 11.5. The van der Waals surface area contributed by atoms with Gasteiger partial charge in [0.2, 0.25) is 0 Å². The van der Waals surface area contributed by atoms with E-state index < -0.39 is 5.97 Å². The van der Waals surface area contributed by atoms with E-state index in [-0.39, 0.29) is 11.5 Å². The highest BCUT2D eigenvalue weighted by Gasteiger charge is 2.27. The molecule has 3 heterocycles. The van der Waals surface area contributed by atoms with Crippen LogP contribution in [0.25, 0.3) is 16.4 Å². The monoisotopic (exact) mass is 295 g/mol. The minimum absolute atomic E-state index is 0.0628. The number of nitrogens with one attached hydrogen (secondary N) is 1. The van der Waals surface area contributed by atoms with Crippen molar-refractivity contribution in [3.63, 3.8) is 0 Å². The molecule has 0 saturated carbocycles. The first-order valence-corrected chi connectivity index (χ1v) is 6.96. The molecule has 2 N–H and O–H groups in total. The highest BCUT2D eigenvalue weighted by molar-refractivity contribution is 7.97. The van der Waals surface area contributed by atoms with E-state index in [1.165, 1.54) is 30.4 Å². The standard InChI is InChI=1S/C12H9NO4S2/c1-16-12(15)9-10(14)11-8(19-13-9)5-7(18-11)6-3-2-4-17-6/h2-5,13-14H,1H3. The van der Waals surface area contributed by atoms with Crippen molar-refractivity contribution in [2.45, 2.75) is 4.90 Å². The fraction of sp³-hybridized carbons (Fsp3) is 0.0833. The summed E-state index contributed by atoms with van der Waals surface area (Å²) in [6, 6.07) is 5.55. The number of carbonyl (C=O) groups excluding carboxylic acids is 1. The third-order valence-electron chi connectivity index (χ3n) is 2.57. The Morgan fingerprint density at radius 3 is 3.05 bits per heavy atom. The molecule has 0 unspecified atom stereocenters. The van der Waals surface area contributed by atoms with Crippen LogP contribution in [0.15, 0.2) is 39.5 Å². The molecule has 0 bridgehead atoms. The Kier molecular flexibility index (Phi) is 3.00. The molecule has 2 aromatic heterocycles. The number of rotatable bonds is 2. The summed E-state index contributed by atoms with van der Waals surface area (Å²) in [5.41, 5.74) is 0.0628. The number of aliphatic hydroxyl groups is 1. The zero-order valence-corrected chi connectivity index (χ0v) is 11.4. The molecule has 2 aromatic rings. The summed E-state index contributed by atoms with van der Waals surface area (Å²) in [6.45, 7) is 0. The molecule has 1 aliphatic heterocycles. The number of furan rings is 1. The van der Waals surface area contributed by atoms with Crippen molar-refractivity contribution in [2.24, 2.45) is 0 Å². The van der Waals surface area contributed by atoms with E-state index in [1.54, 1.807) is 12.3 Å². The number of fused-ring (bicyclic) bond motifs is 1. The third-order valence-corrected chi connectivity index (χ3v) is 4.70. The van der Waals surface area contributed by atoms with Crippen LogP contribution in [0.3, 0.4) is 0 Å². The molecule has 19 heavy (non-hydrogen) atoms. The van der Waals surface area contributed by atoms with Crippen LogP contribution in [0.4, 0.5) is 0 Å². The van der Waals surface area contributed by atoms with E-state index in [9.17, 15) is 9.90 Å². The van der Waals surface area contributed by atoms with Crippen LogP contribution in [0.2, 0.25) is 0 Å². The van der Waals surface area contributed by atoms with Crippen molar-refractivity contribution >= 4 is 35.0 Å². The number of hydrogen-bond donors (Lipinski definition) is 2. The second-order valence-electron chi connectivity index (χ2n) is 3.70. The second kappa shape index (κ2) is 4.67. The largest absolute Gasteiger partial charge is 0.504 e. The topological polar surface area (TPSA) is 71.7 Å². The molecule has 1 aliphatic rings. The maximum absolute atomic E-state index is 11.5. The summed E-state index contributed by atoms with van der Waals surface area (Å²) in [5, 5.41) is 10.1. The van der Waals surface area contributed by atoms with Crippen LogP contribution in [0.1, 0.15) is 4.88 Å². The first-order chi connectivity index (χ1) is 9.20. The zero-order valence-electron chi connectivity index (χ0n) is 9.80. The molecule has 0 aromatic carbocycles. The van der Waals surface area contributed by atoms with E-state index in [4.69, 9.17) is 4.42 Å². The average Bonchev–Trinajstić information content (AvgIpc) is 3.07. The van der Waals surface area contributed by atoms with Gasteiger partial charge in [0, 0.05) is 0 Å². The Morgan fingerprint density at radius 1 is 1.53 bits per heavy atom. The Hall–Kier alpha value is -1.86. The van der Waals surface area contributed by atoms with E-state index in [2.05, 4.69) is 9.46 Å². The summed E-state index contributed by atoms with van der Waals surface area (Å²) in [7, 11) is 1.27. The summed E-state index contributed by atoms with van der Waals surface area (Å²) < 4.78 is 12.7. The van der Waals surface area contributed by atoms with Gasteiger partial charge in [-0.05, 0) is 30.1 Å². The Labute approximate surface area is 117 Å². The number of aliphatic hydroxyl groups excluding tert-OH is 1. The van der Waals surface area contributed by atoms with E-state index in [1.807, 2.05) is 12.1 Å². The van der Waals surface area contributed by atoms with Gasteiger partial charge in [-0.15, -0.1) is 11.3 Å². The molecule has 0 spiro atoms. The summed E-state index contributed by atoms with van der Waals surface area (Å²) in [6.07, 6.45) is 1.59. The van der Waals surface area contributed by atoms with Crippen LogP contribution in [0.5, 0.6) is 0 Å². The molecule has 98 valence electrons. The van der Waals surface area contributed by atoms with Gasteiger partial charge >= 0.3 is 5.97 Å². The van der Waals surface area contributed by atoms with Gasteiger partial charge in [0.05, 0.1) is 28.0 Å². The first-order valence-electron chi connectivity index (χ1n) is 5.33. The van der Waals surface area contributed by atoms with Gasteiger partial charge in [0.15, 0.2) is 11.5 Å². The van der Waals surface area contributed by atoms with Gasteiger partial charge in [-0.1, -0.05) is 0 Å². The summed E-state index contributed by atoms with van der Waals surface area (Å²) in [4.78, 5) is 13.9. The molecular weight excluding hydrogens is 286 g/mol. The van der Waals surface area contributed by atoms with Gasteiger partial charge in [-0.3, -0.25) is 0 Å². The lowest BCUT2D eigenvalue weighted by atomic mass is 10.3. The van der Waals surface area contributed by atoms with Crippen molar-refractivity contribution < 1.29 is 19.1 Å². The Bertz CT molecular complexity index is 657. The molecule has 0 saturated heterocycles. The number of carbonyl (C=O) groups is 1. The van der Waals surface area contributed by atoms with Crippen LogP contribution >= 0.6 is 23.3 Å². The van der Waals surface area contributed by atoms with Gasteiger partial charge in [0.25, 0.3) is 0 Å². The minimum atomic E-state index is -0.594. The Morgan fingerprint density at radius 2 is 2.37 bits per heavy atom. The number of methoxy groups -OCH3 is 1. The van der Waals surface area contributed by atoms with E-state index in [0.717, 1.165) is 15.5 Å². The summed E-state index contributed by atoms with van der Waals surface area (Å²) in [5.74, 6) is 0.0411. The van der Waals surface area contributed by atoms with E-state index >= 15 is 0 Å². The molecule has 0 aliphatic carbocycles. The zero-order chi connectivity index (χ0) is 13.4. The maximum Gasteiger partial charge on any atom is 0.358 e. The van der Waals surface area contributed by atoms with Gasteiger partial charge in [0.1, 0.15) is 5.76 Å². The van der Waals surface area contributed by atoms with Crippen molar-refractivity contribution in [3.8, 4) is 10.6 Å². The molecule has 0 radical (unpaired) electrons. The number of ether oxygens (including phenoxy) is 1. The SMILES string of the molecule is COC(=O)C1=C(O)c2sc(-c3ccco3)cc2SN1. The van der Waals surface area contributed by atoms with Crippen LogP contribution < -0.4 is 4.72 Å². The normalized spacial score (nSPS) is 13.9. The lowest BCUT2D eigenvalue weighted by Gasteiger charge is -2.15. The van der Waals surface area contributed by atoms with Crippen LogP contribution in [-0.2, 0) is 9.53 Å². The van der Waals surface area contributed by atoms with Crippen LogP contribution in [-0.4, -0.2) is 18.2 Å².